The third-order valence-electron chi connectivity index (χ3n) is 6.73. The number of carbonyl (C=O) groups excluding carboxylic acids is 2. The smallest absolute Gasteiger partial charge is 0.339 e. The van der Waals surface area contributed by atoms with Gasteiger partial charge in [0.25, 0.3) is 0 Å². The Kier molecular flexibility index (Phi) is 6.10. The molecule has 182 valence electrons. The molecule has 7 heteroatoms. The van der Waals surface area contributed by atoms with Crippen molar-refractivity contribution in [2.75, 3.05) is 11.5 Å². The van der Waals surface area contributed by atoms with E-state index in [2.05, 4.69) is 0 Å². The highest BCUT2D eigenvalue weighted by Gasteiger charge is 2.68. The molecule has 2 heterocycles. The maximum absolute atomic E-state index is 14.1. The van der Waals surface area contributed by atoms with E-state index in [0.29, 0.717) is 10.6 Å². The molecule has 0 spiro atoms. The summed E-state index contributed by atoms with van der Waals surface area (Å²) in [6.45, 7) is 3.87. The first-order chi connectivity index (χ1) is 17.4. The molecule has 0 amide bonds. The zero-order valence-corrected chi connectivity index (χ0v) is 20.8. The standard InChI is InChI=1S/C29H26N2O4S/c1-3-34-28(33)23-24-22(25(32)19-10-6-4-7-11-19)27(36)31(21-16-14-18(2)15-17-21)29(24,35-26(23)30)20-12-8-5-9-13-20/h4-17,22,24H,3,30H2,1-2H3/t22-,24-,29+/m1/s1. The molecule has 0 unspecified atom stereocenters. The zero-order valence-electron chi connectivity index (χ0n) is 20.0. The number of hydrogen-bond donors (Lipinski definition) is 1. The van der Waals surface area contributed by atoms with Gasteiger partial charge in [0.1, 0.15) is 5.57 Å². The number of rotatable bonds is 6. The van der Waals surface area contributed by atoms with Crippen molar-refractivity contribution in [2.24, 2.45) is 17.6 Å². The van der Waals surface area contributed by atoms with Gasteiger partial charge >= 0.3 is 5.97 Å². The number of ether oxygens (including phenoxy) is 2. The molecule has 1 saturated heterocycles. The Morgan fingerprint density at radius 2 is 1.61 bits per heavy atom. The summed E-state index contributed by atoms with van der Waals surface area (Å²) in [6, 6.07) is 26.2. The number of esters is 1. The van der Waals surface area contributed by atoms with E-state index in [4.69, 9.17) is 27.4 Å². The van der Waals surface area contributed by atoms with Crippen LogP contribution in [0.5, 0.6) is 0 Å². The van der Waals surface area contributed by atoms with Crippen molar-refractivity contribution < 1.29 is 19.1 Å². The number of hydrogen-bond acceptors (Lipinski definition) is 6. The first kappa shape index (κ1) is 23.8. The lowest BCUT2D eigenvalue weighted by Crippen LogP contribution is -2.47. The number of fused-ring (bicyclic) bond motifs is 1. The second kappa shape index (κ2) is 9.24. The number of carbonyl (C=O) groups is 2. The lowest BCUT2D eigenvalue weighted by atomic mass is 9.77. The van der Waals surface area contributed by atoms with Gasteiger partial charge in [-0.25, -0.2) is 4.79 Å². The summed E-state index contributed by atoms with van der Waals surface area (Å²) in [5.41, 5.74) is 8.23. The molecule has 2 N–H and O–H groups in total. The van der Waals surface area contributed by atoms with E-state index in [1.807, 2.05) is 72.5 Å². The van der Waals surface area contributed by atoms with Crippen LogP contribution in [0.3, 0.4) is 0 Å². The summed E-state index contributed by atoms with van der Waals surface area (Å²) < 4.78 is 11.8. The maximum Gasteiger partial charge on any atom is 0.339 e. The number of ketones is 1. The monoisotopic (exact) mass is 498 g/mol. The second-order valence-electron chi connectivity index (χ2n) is 8.86. The quantitative estimate of drug-likeness (QED) is 0.295. The van der Waals surface area contributed by atoms with E-state index in [9.17, 15) is 9.59 Å². The molecule has 36 heavy (non-hydrogen) atoms. The number of anilines is 1. The highest BCUT2D eigenvalue weighted by atomic mass is 32.1. The van der Waals surface area contributed by atoms with Crippen molar-refractivity contribution in [3.8, 4) is 0 Å². The Labute approximate surface area is 215 Å². The number of Topliss-reactive ketones (excluding diaryl/α,β-unsaturated/α-hetero) is 1. The molecule has 3 aromatic rings. The Bertz CT molecular complexity index is 1360. The molecule has 3 aromatic carbocycles. The fraction of sp³-hybridized carbons (Fsp3) is 0.207. The van der Waals surface area contributed by atoms with Crippen LogP contribution in [0.4, 0.5) is 5.69 Å². The largest absolute Gasteiger partial charge is 0.462 e. The topological polar surface area (TPSA) is 81.9 Å². The van der Waals surface area contributed by atoms with Crippen LogP contribution in [0.2, 0.25) is 0 Å². The second-order valence-corrected chi connectivity index (χ2v) is 9.28. The van der Waals surface area contributed by atoms with Crippen molar-refractivity contribution in [3.63, 3.8) is 0 Å². The molecule has 0 saturated carbocycles. The minimum absolute atomic E-state index is 0.0622. The number of thiocarbonyl (C=S) groups is 1. The highest BCUT2D eigenvalue weighted by Crippen LogP contribution is 2.58. The number of aryl methyl sites for hydroxylation is 1. The minimum atomic E-state index is -1.34. The van der Waals surface area contributed by atoms with Crippen LogP contribution in [0.25, 0.3) is 0 Å². The zero-order chi connectivity index (χ0) is 25.4. The third kappa shape index (κ3) is 3.58. The van der Waals surface area contributed by atoms with Gasteiger partial charge in [-0.1, -0.05) is 90.6 Å². The van der Waals surface area contributed by atoms with Crippen LogP contribution < -0.4 is 10.6 Å². The van der Waals surface area contributed by atoms with Gasteiger partial charge in [-0.15, -0.1) is 0 Å². The molecular formula is C29H26N2O4S. The predicted molar refractivity (Wildman–Crippen MR) is 141 cm³/mol. The summed E-state index contributed by atoms with van der Waals surface area (Å²) in [7, 11) is 0. The van der Waals surface area contributed by atoms with Gasteiger partial charge < -0.3 is 15.2 Å². The summed E-state index contributed by atoms with van der Waals surface area (Å²) >= 11 is 6.03. The van der Waals surface area contributed by atoms with Crippen molar-refractivity contribution in [1.82, 2.24) is 0 Å². The normalized spacial score (nSPS) is 22.8. The van der Waals surface area contributed by atoms with Crippen LogP contribution in [0.15, 0.2) is 96.4 Å². The Hall–Kier alpha value is -3.97. The minimum Gasteiger partial charge on any atom is -0.462 e. The summed E-state index contributed by atoms with van der Waals surface area (Å²) in [4.78, 5) is 29.5. The molecule has 3 atom stereocenters. The molecule has 5 rings (SSSR count). The SMILES string of the molecule is CCOC(=O)C1=C(N)O[C@@]2(c3ccccc3)[C@@H]1[C@H](C(=O)c1ccccc1)C(=S)N2c1ccc(C)cc1. The first-order valence-electron chi connectivity index (χ1n) is 11.8. The predicted octanol–water partition coefficient (Wildman–Crippen LogP) is 4.87. The first-order valence-corrected chi connectivity index (χ1v) is 12.2. The lowest BCUT2D eigenvalue weighted by molar-refractivity contribution is -0.139. The lowest BCUT2D eigenvalue weighted by Gasteiger charge is -2.39. The average molecular weight is 499 g/mol. The molecule has 6 nitrogen and oxygen atoms in total. The van der Waals surface area contributed by atoms with Crippen molar-refractivity contribution >= 4 is 34.6 Å². The van der Waals surface area contributed by atoms with Gasteiger partial charge in [0.2, 0.25) is 5.72 Å². The highest BCUT2D eigenvalue weighted by molar-refractivity contribution is 7.80. The van der Waals surface area contributed by atoms with Crippen molar-refractivity contribution in [3.05, 3.63) is 113 Å². The van der Waals surface area contributed by atoms with Gasteiger partial charge in [-0.2, -0.15) is 0 Å². The van der Waals surface area contributed by atoms with Crippen LogP contribution in [-0.4, -0.2) is 23.3 Å². The van der Waals surface area contributed by atoms with E-state index in [1.165, 1.54) is 0 Å². The summed E-state index contributed by atoms with van der Waals surface area (Å²) in [5, 5.41) is 0. The van der Waals surface area contributed by atoms with Crippen LogP contribution in [0.1, 0.15) is 28.4 Å². The van der Waals surface area contributed by atoms with E-state index < -0.39 is 23.5 Å². The summed E-state index contributed by atoms with van der Waals surface area (Å²) in [5.74, 6) is -2.59. The molecule has 0 bridgehead atoms. The number of benzene rings is 3. The van der Waals surface area contributed by atoms with Gasteiger partial charge in [0.05, 0.1) is 23.4 Å². The molecule has 1 fully saturated rings. The maximum atomic E-state index is 14.1. The fourth-order valence-electron chi connectivity index (χ4n) is 5.20. The van der Waals surface area contributed by atoms with Crippen molar-refractivity contribution in [2.45, 2.75) is 19.6 Å². The molecule has 2 aliphatic rings. The van der Waals surface area contributed by atoms with Gasteiger partial charge in [-0.3, -0.25) is 9.69 Å². The molecule has 0 radical (unpaired) electrons. The van der Waals surface area contributed by atoms with Crippen LogP contribution >= 0.6 is 12.2 Å². The Morgan fingerprint density at radius 3 is 2.22 bits per heavy atom. The van der Waals surface area contributed by atoms with E-state index >= 15 is 0 Å². The number of nitrogens with two attached hydrogens (primary N) is 1. The molecular weight excluding hydrogens is 472 g/mol. The number of nitrogens with zero attached hydrogens (tertiary/aromatic N) is 1. The van der Waals surface area contributed by atoms with Gasteiger partial charge in [0.15, 0.2) is 11.7 Å². The van der Waals surface area contributed by atoms with E-state index in [0.717, 1.165) is 16.8 Å². The molecule has 0 aliphatic carbocycles. The molecule has 0 aromatic heterocycles. The van der Waals surface area contributed by atoms with Gasteiger partial charge in [-0.05, 0) is 26.0 Å². The fourth-order valence-corrected chi connectivity index (χ4v) is 5.68. The Balaban J connectivity index is 1.78. The summed E-state index contributed by atoms with van der Waals surface area (Å²) in [6.07, 6.45) is 0. The van der Waals surface area contributed by atoms with E-state index in [-0.39, 0.29) is 23.8 Å². The third-order valence-corrected chi connectivity index (χ3v) is 7.17. The van der Waals surface area contributed by atoms with Gasteiger partial charge in [0, 0.05) is 16.8 Å². The van der Waals surface area contributed by atoms with Crippen LogP contribution in [-0.2, 0) is 20.0 Å². The Morgan fingerprint density at radius 1 is 1.00 bits per heavy atom. The average Bonchev–Trinajstić information content (AvgIpc) is 3.32. The van der Waals surface area contributed by atoms with E-state index in [1.54, 1.807) is 31.2 Å². The van der Waals surface area contributed by atoms with Crippen molar-refractivity contribution in [1.29, 1.82) is 0 Å². The van der Waals surface area contributed by atoms with Crippen LogP contribution in [0, 0.1) is 18.8 Å². The molecule has 2 aliphatic heterocycles.